The number of anilines is 2. The summed E-state index contributed by atoms with van der Waals surface area (Å²) in [6, 6.07) is 5.03. The maximum absolute atomic E-state index is 10.9. The molecule has 1 heterocycles. The van der Waals surface area contributed by atoms with Gasteiger partial charge in [0.05, 0.1) is 4.92 Å². The average Bonchev–Trinajstić information content (AvgIpc) is 2.39. The number of hydrogen-bond donors (Lipinski definition) is 1. The fourth-order valence-corrected chi connectivity index (χ4v) is 2.21. The van der Waals surface area contributed by atoms with Crippen LogP contribution in [0.1, 0.15) is 6.92 Å². The Morgan fingerprint density at radius 3 is 2.47 bits per heavy atom. The minimum atomic E-state index is -0.429. The van der Waals surface area contributed by atoms with Crippen LogP contribution < -0.4 is 10.6 Å². The molecule has 0 bridgehead atoms. The molecule has 0 amide bonds. The maximum Gasteiger partial charge on any atom is 0.294 e. The molecule has 1 saturated heterocycles. The number of nitro groups is 1. The number of nitrogen functional groups attached to an aromatic ring is 1. The second-order valence-corrected chi connectivity index (χ2v) is 4.42. The maximum atomic E-state index is 10.9. The number of piperazine rings is 1. The molecule has 0 aliphatic carbocycles. The minimum Gasteiger partial charge on any atom is -0.393 e. The molecule has 2 rings (SSSR count). The molecular weight excluding hydrogens is 268 g/mol. The van der Waals surface area contributed by atoms with E-state index in [1.165, 1.54) is 0 Å². The zero-order chi connectivity index (χ0) is 13.1. The van der Waals surface area contributed by atoms with Crippen LogP contribution in [0.5, 0.6) is 0 Å². The topological polar surface area (TPSA) is 75.6 Å². The van der Waals surface area contributed by atoms with Gasteiger partial charge < -0.3 is 15.5 Å². The molecule has 1 aliphatic heterocycles. The van der Waals surface area contributed by atoms with E-state index in [0.29, 0.717) is 0 Å². The molecule has 7 heteroatoms. The fourth-order valence-electron chi connectivity index (χ4n) is 2.21. The molecule has 0 aromatic heterocycles. The van der Waals surface area contributed by atoms with Gasteiger partial charge in [-0.25, -0.2) is 0 Å². The van der Waals surface area contributed by atoms with Crippen molar-refractivity contribution in [2.75, 3.05) is 43.4 Å². The monoisotopic (exact) mass is 286 g/mol. The Labute approximate surface area is 118 Å². The average molecular weight is 287 g/mol. The second kappa shape index (κ2) is 6.58. The van der Waals surface area contributed by atoms with E-state index in [1.807, 2.05) is 6.07 Å². The molecule has 1 aromatic carbocycles. The number of halogens is 1. The lowest BCUT2D eigenvalue weighted by Gasteiger charge is -2.35. The van der Waals surface area contributed by atoms with Crippen molar-refractivity contribution in [3.63, 3.8) is 0 Å². The van der Waals surface area contributed by atoms with Crippen LogP contribution in [0.15, 0.2) is 18.2 Å². The van der Waals surface area contributed by atoms with Gasteiger partial charge in [0, 0.05) is 37.9 Å². The van der Waals surface area contributed by atoms with Crippen LogP contribution in [-0.4, -0.2) is 42.5 Å². The number of nitro benzene ring substituents is 1. The highest BCUT2D eigenvalue weighted by Crippen LogP contribution is 2.27. The Morgan fingerprint density at radius 1 is 1.32 bits per heavy atom. The Hall–Kier alpha value is -1.53. The third-order valence-electron chi connectivity index (χ3n) is 3.40. The van der Waals surface area contributed by atoms with E-state index >= 15 is 0 Å². The Morgan fingerprint density at radius 2 is 1.95 bits per heavy atom. The van der Waals surface area contributed by atoms with E-state index in [9.17, 15) is 10.1 Å². The number of nitrogens with two attached hydrogens (primary N) is 1. The van der Waals surface area contributed by atoms with Crippen LogP contribution in [-0.2, 0) is 0 Å². The molecule has 1 fully saturated rings. The summed E-state index contributed by atoms with van der Waals surface area (Å²) >= 11 is 0. The highest BCUT2D eigenvalue weighted by Gasteiger charge is 2.19. The first kappa shape index (κ1) is 15.5. The van der Waals surface area contributed by atoms with Gasteiger partial charge in [-0.3, -0.25) is 10.1 Å². The first-order valence-electron chi connectivity index (χ1n) is 6.13. The molecule has 0 radical (unpaired) electrons. The van der Waals surface area contributed by atoms with Crippen LogP contribution in [0.2, 0.25) is 0 Å². The Balaban J connectivity index is 0.00000180. The minimum absolute atomic E-state index is 0. The van der Waals surface area contributed by atoms with Crippen LogP contribution in [0.3, 0.4) is 0 Å². The zero-order valence-corrected chi connectivity index (χ0v) is 11.7. The van der Waals surface area contributed by atoms with Crippen molar-refractivity contribution >= 4 is 29.5 Å². The van der Waals surface area contributed by atoms with E-state index in [-0.39, 0.29) is 23.8 Å². The van der Waals surface area contributed by atoms with Gasteiger partial charge in [0.15, 0.2) is 0 Å². The van der Waals surface area contributed by atoms with Gasteiger partial charge in [-0.2, -0.15) is 0 Å². The highest BCUT2D eigenvalue weighted by atomic mass is 35.5. The summed E-state index contributed by atoms with van der Waals surface area (Å²) in [5, 5.41) is 10.9. The van der Waals surface area contributed by atoms with Crippen molar-refractivity contribution in [2.24, 2.45) is 0 Å². The van der Waals surface area contributed by atoms with Gasteiger partial charge in [0.2, 0.25) is 0 Å². The van der Waals surface area contributed by atoms with Gasteiger partial charge in [-0.15, -0.1) is 12.4 Å². The summed E-state index contributed by atoms with van der Waals surface area (Å²) in [5.74, 6) is 0. The lowest BCUT2D eigenvalue weighted by Crippen LogP contribution is -2.46. The normalized spacial score (nSPS) is 15.9. The van der Waals surface area contributed by atoms with Crippen molar-refractivity contribution in [1.29, 1.82) is 0 Å². The number of likely N-dealkylation sites (N-methyl/N-ethyl adjacent to an activating group) is 1. The largest absolute Gasteiger partial charge is 0.393 e. The van der Waals surface area contributed by atoms with Crippen LogP contribution in [0.25, 0.3) is 0 Å². The number of nitrogens with zero attached hydrogens (tertiary/aromatic N) is 3. The van der Waals surface area contributed by atoms with Crippen molar-refractivity contribution in [2.45, 2.75) is 6.92 Å². The van der Waals surface area contributed by atoms with Gasteiger partial charge >= 0.3 is 0 Å². The Kier molecular flexibility index (Phi) is 5.38. The van der Waals surface area contributed by atoms with Gasteiger partial charge in [-0.1, -0.05) is 6.92 Å². The van der Waals surface area contributed by atoms with E-state index in [2.05, 4.69) is 16.7 Å². The van der Waals surface area contributed by atoms with Crippen LogP contribution in [0.4, 0.5) is 17.1 Å². The summed E-state index contributed by atoms with van der Waals surface area (Å²) in [6.07, 6.45) is 0. The predicted octanol–water partition coefficient (Wildman–Crippen LogP) is 1.74. The first-order chi connectivity index (χ1) is 8.61. The number of rotatable bonds is 3. The summed E-state index contributed by atoms with van der Waals surface area (Å²) in [6.45, 7) is 6.98. The van der Waals surface area contributed by atoms with Crippen molar-refractivity contribution in [1.82, 2.24) is 4.90 Å². The molecule has 1 aliphatic rings. The van der Waals surface area contributed by atoms with Gasteiger partial charge in [-0.05, 0) is 18.7 Å². The summed E-state index contributed by atoms with van der Waals surface area (Å²) in [4.78, 5) is 15.0. The summed E-state index contributed by atoms with van der Waals surface area (Å²) in [5.41, 5.74) is 6.69. The molecule has 6 nitrogen and oxygen atoms in total. The standard InChI is InChI=1S/C12H18N4O2.ClH/c1-2-14-5-7-15(8-6-14)10-3-4-11(13)12(9-10)16(17)18;/h3-4,9H,2,5-8,13H2,1H3;1H. The van der Waals surface area contributed by atoms with Gasteiger partial charge in [0.25, 0.3) is 5.69 Å². The van der Waals surface area contributed by atoms with E-state index in [4.69, 9.17) is 5.73 Å². The quantitative estimate of drug-likeness (QED) is 0.520. The molecule has 0 atom stereocenters. The van der Waals surface area contributed by atoms with Crippen LogP contribution in [0, 0.1) is 10.1 Å². The molecule has 1 aromatic rings. The highest BCUT2D eigenvalue weighted by molar-refractivity contribution is 5.85. The number of hydrogen-bond acceptors (Lipinski definition) is 5. The molecule has 0 unspecified atom stereocenters. The van der Waals surface area contributed by atoms with Crippen molar-refractivity contribution in [3.8, 4) is 0 Å². The molecule has 19 heavy (non-hydrogen) atoms. The smallest absolute Gasteiger partial charge is 0.294 e. The molecule has 2 N–H and O–H groups in total. The second-order valence-electron chi connectivity index (χ2n) is 4.42. The molecule has 0 saturated carbocycles. The summed E-state index contributed by atoms with van der Waals surface area (Å²) < 4.78 is 0. The Bertz CT molecular complexity index is 447. The molecular formula is C12H19ClN4O2. The van der Waals surface area contributed by atoms with E-state index in [1.54, 1.807) is 12.1 Å². The number of benzene rings is 1. The van der Waals surface area contributed by atoms with E-state index in [0.717, 1.165) is 38.4 Å². The van der Waals surface area contributed by atoms with Gasteiger partial charge in [0.1, 0.15) is 5.69 Å². The third kappa shape index (κ3) is 3.48. The molecule has 0 spiro atoms. The summed E-state index contributed by atoms with van der Waals surface area (Å²) in [7, 11) is 0. The predicted molar refractivity (Wildman–Crippen MR) is 79.1 cm³/mol. The zero-order valence-electron chi connectivity index (χ0n) is 10.9. The fraction of sp³-hybridized carbons (Fsp3) is 0.500. The first-order valence-corrected chi connectivity index (χ1v) is 6.13. The SMILES string of the molecule is CCN1CCN(c2ccc(N)c([N+](=O)[O-])c2)CC1.Cl. The lowest BCUT2D eigenvalue weighted by atomic mass is 10.2. The lowest BCUT2D eigenvalue weighted by molar-refractivity contribution is -0.383. The van der Waals surface area contributed by atoms with Crippen LogP contribution >= 0.6 is 12.4 Å². The van der Waals surface area contributed by atoms with Crippen molar-refractivity contribution in [3.05, 3.63) is 28.3 Å². The van der Waals surface area contributed by atoms with E-state index < -0.39 is 4.92 Å². The van der Waals surface area contributed by atoms with Crippen molar-refractivity contribution < 1.29 is 4.92 Å². The third-order valence-corrected chi connectivity index (χ3v) is 3.40. The molecule has 106 valence electrons.